The average molecular weight is 569 g/mol. The number of ether oxygens (including phenoxy) is 2. The molecule has 0 saturated heterocycles. The predicted molar refractivity (Wildman–Crippen MR) is 123 cm³/mol. The van der Waals surface area contributed by atoms with E-state index in [0.29, 0.717) is 30.9 Å². The van der Waals surface area contributed by atoms with Crippen LogP contribution in [0.4, 0.5) is 32.0 Å². The lowest BCUT2D eigenvalue weighted by atomic mass is 9.41. The zero-order valence-corrected chi connectivity index (χ0v) is 21.1. The van der Waals surface area contributed by atoms with Crippen LogP contribution >= 0.6 is 0 Å². The molecule has 2 bridgehead atoms. The average Bonchev–Trinajstić information content (AvgIpc) is 3.21. The number of anilines is 1. The molecule has 210 valence electrons. The first-order chi connectivity index (χ1) is 17.8. The van der Waals surface area contributed by atoms with Crippen LogP contribution < -0.4 is 9.64 Å². The Morgan fingerprint density at radius 2 is 1.84 bits per heavy atom. The third-order valence-corrected chi connectivity index (χ3v) is 9.34. The number of benzene rings is 1. The molecule has 15 heteroatoms. The van der Waals surface area contributed by atoms with Gasteiger partial charge in [0.25, 0.3) is 0 Å². The fourth-order valence-corrected chi connectivity index (χ4v) is 6.84. The van der Waals surface area contributed by atoms with E-state index in [1.165, 1.54) is 25.7 Å². The highest BCUT2D eigenvalue weighted by Gasteiger charge is 2.64. The van der Waals surface area contributed by atoms with Crippen molar-refractivity contribution in [3.8, 4) is 5.75 Å². The molecule has 2 heterocycles. The molecule has 3 fully saturated rings. The highest BCUT2D eigenvalue weighted by atomic mass is 32.2. The largest absolute Gasteiger partial charge is 0.511 e. The van der Waals surface area contributed by atoms with E-state index in [1.807, 2.05) is 0 Å². The van der Waals surface area contributed by atoms with Gasteiger partial charge in [0.1, 0.15) is 12.4 Å². The number of nitrogens with one attached hydrogen (secondary N) is 1. The van der Waals surface area contributed by atoms with E-state index in [1.54, 1.807) is 4.90 Å². The van der Waals surface area contributed by atoms with Crippen molar-refractivity contribution in [3.05, 3.63) is 41.5 Å². The number of aromatic nitrogens is 2. The van der Waals surface area contributed by atoms with Crippen molar-refractivity contribution in [1.82, 2.24) is 14.3 Å². The second kappa shape index (κ2) is 9.30. The number of H-pyrrole nitrogens is 1. The first kappa shape index (κ1) is 27.1. The maximum Gasteiger partial charge on any atom is 0.511 e. The van der Waals surface area contributed by atoms with Gasteiger partial charge < -0.3 is 19.4 Å². The molecule has 1 N–H and O–H groups in total. The Bertz CT molecular complexity index is 1270. The molecule has 2 aromatic rings. The highest BCUT2D eigenvalue weighted by Crippen LogP contribution is 2.68. The van der Waals surface area contributed by atoms with Gasteiger partial charge in [-0.1, -0.05) is 0 Å². The van der Waals surface area contributed by atoms with Crippen LogP contribution in [-0.4, -0.2) is 61.1 Å². The van der Waals surface area contributed by atoms with Crippen LogP contribution in [-0.2, 0) is 34.0 Å². The first-order valence-electron chi connectivity index (χ1n) is 11.9. The van der Waals surface area contributed by atoms with Gasteiger partial charge in [-0.3, -0.25) is 0 Å². The van der Waals surface area contributed by atoms with Gasteiger partial charge in [-0.2, -0.15) is 30.6 Å². The topological polar surface area (TPSA) is 87.8 Å². The number of fused-ring (bicyclic) bond motifs is 1. The number of rotatable bonds is 8. The smallest absolute Gasteiger partial charge is 0.490 e. The summed E-state index contributed by atoms with van der Waals surface area (Å²) in [7, 11) is -4.56. The fraction of sp³-hybridized carbons (Fsp3) is 0.609. The van der Waals surface area contributed by atoms with Gasteiger partial charge >= 0.3 is 21.7 Å². The second-order valence-corrected chi connectivity index (χ2v) is 12.0. The molecule has 1 aromatic heterocycles. The van der Waals surface area contributed by atoms with Gasteiger partial charge in [0.05, 0.1) is 30.7 Å². The third-order valence-electron chi connectivity index (χ3n) is 7.79. The van der Waals surface area contributed by atoms with E-state index in [2.05, 4.69) is 9.97 Å². The molecule has 1 unspecified atom stereocenters. The van der Waals surface area contributed by atoms with E-state index in [4.69, 9.17) is 9.47 Å². The molecule has 4 aliphatic rings. The number of halogens is 6. The second-order valence-electron chi connectivity index (χ2n) is 10.1. The zero-order valence-electron chi connectivity index (χ0n) is 20.3. The summed E-state index contributed by atoms with van der Waals surface area (Å²) >= 11 is 0. The Labute approximate surface area is 215 Å². The zero-order chi connectivity index (χ0) is 27.5. The SMILES string of the molecule is COCCOc1c(C(F)(F)F)ccc2c1CN(S(=O)(=O)C(F)(F)F)CC(C13CC(C1)C3)N2Cc1cnc[nH]1. The van der Waals surface area contributed by atoms with Crippen molar-refractivity contribution >= 4 is 15.7 Å². The van der Waals surface area contributed by atoms with Crippen molar-refractivity contribution in [2.24, 2.45) is 11.3 Å². The molecule has 38 heavy (non-hydrogen) atoms. The lowest BCUT2D eigenvalue weighted by Crippen LogP contribution is -2.66. The van der Waals surface area contributed by atoms with Crippen LogP contribution in [0.2, 0.25) is 0 Å². The van der Waals surface area contributed by atoms with Crippen molar-refractivity contribution in [3.63, 3.8) is 0 Å². The van der Waals surface area contributed by atoms with Crippen LogP contribution in [0.3, 0.4) is 0 Å². The summed E-state index contributed by atoms with van der Waals surface area (Å²) in [6.07, 6.45) is 0.155. The molecule has 8 nitrogen and oxygen atoms in total. The fourth-order valence-electron chi connectivity index (χ4n) is 5.91. The first-order valence-corrected chi connectivity index (χ1v) is 13.4. The summed E-state index contributed by atoms with van der Waals surface area (Å²) in [4.78, 5) is 8.61. The van der Waals surface area contributed by atoms with Gasteiger partial charge in [0, 0.05) is 43.7 Å². The Morgan fingerprint density at radius 3 is 2.37 bits per heavy atom. The Balaban J connectivity index is 1.71. The molecule has 1 aromatic carbocycles. The number of nitrogens with zero attached hydrogens (tertiary/aromatic N) is 3. The number of methoxy groups -OCH3 is 1. The van der Waals surface area contributed by atoms with Gasteiger partial charge in [-0.05, 0) is 42.7 Å². The number of sulfonamides is 1. The number of hydrogen-bond acceptors (Lipinski definition) is 6. The molecular weight excluding hydrogens is 542 g/mol. The predicted octanol–water partition coefficient (Wildman–Crippen LogP) is 4.29. The van der Waals surface area contributed by atoms with Gasteiger partial charge in [0.2, 0.25) is 0 Å². The summed E-state index contributed by atoms with van der Waals surface area (Å²) < 4.78 is 120. The number of hydrogen-bond donors (Lipinski definition) is 1. The van der Waals surface area contributed by atoms with Crippen LogP contribution in [0.1, 0.15) is 36.1 Å². The summed E-state index contributed by atoms with van der Waals surface area (Å²) in [5.41, 5.74) is -6.80. The van der Waals surface area contributed by atoms with Gasteiger partial charge in [0.15, 0.2) is 0 Å². The number of imidazole rings is 1. The van der Waals surface area contributed by atoms with E-state index < -0.39 is 57.6 Å². The summed E-state index contributed by atoms with van der Waals surface area (Å²) in [6, 6.07) is 1.31. The number of aromatic amines is 1. The minimum Gasteiger partial charge on any atom is -0.490 e. The molecule has 3 aliphatic carbocycles. The van der Waals surface area contributed by atoms with Crippen LogP contribution in [0, 0.1) is 11.3 Å². The molecule has 3 saturated carbocycles. The lowest BCUT2D eigenvalue weighted by molar-refractivity contribution is -0.139. The van der Waals surface area contributed by atoms with Gasteiger partial charge in [-0.25, -0.2) is 13.4 Å². The minimum absolute atomic E-state index is 0.0763. The van der Waals surface area contributed by atoms with E-state index in [9.17, 15) is 34.8 Å². The van der Waals surface area contributed by atoms with E-state index in [0.717, 1.165) is 6.07 Å². The van der Waals surface area contributed by atoms with Crippen LogP contribution in [0.25, 0.3) is 0 Å². The highest BCUT2D eigenvalue weighted by molar-refractivity contribution is 7.89. The molecule has 0 amide bonds. The molecule has 6 rings (SSSR count). The molecule has 1 aliphatic heterocycles. The van der Waals surface area contributed by atoms with Crippen molar-refractivity contribution < 1.29 is 44.2 Å². The van der Waals surface area contributed by atoms with Crippen molar-refractivity contribution in [2.75, 3.05) is 31.8 Å². The number of alkyl halides is 6. The normalized spacial score (nSPS) is 25.8. The molecule has 0 radical (unpaired) electrons. The quantitative estimate of drug-likeness (QED) is 0.378. The van der Waals surface area contributed by atoms with Crippen molar-refractivity contribution in [1.29, 1.82) is 0 Å². The Kier molecular flexibility index (Phi) is 6.62. The van der Waals surface area contributed by atoms with Crippen LogP contribution in [0.15, 0.2) is 24.7 Å². The Morgan fingerprint density at radius 1 is 1.13 bits per heavy atom. The Hall–Kier alpha value is -2.52. The molecule has 0 spiro atoms. The standard InChI is InChI=1S/C23H26F6N4O4S/c1-36-4-5-37-20-16-11-32(38(34,35)23(27,28)29)12-19(21-6-14(7-21)8-21)33(10-15-9-30-13-31-15)18(16)3-2-17(20)22(24,25)26/h2-3,9,13-14,19H,4-8,10-12H2,1H3,(H,30,31). The summed E-state index contributed by atoms with van der Waals surface area (Å²) in [6.45, 7) is -1.80. The maximum absolute atomic E-state index is 14.0. The minimum atomic E-state index is -5.88. The van der Waals surface area contributed by atoms with E-state index in [-0.39, 0.29) is 35.3 Å². The third kappa shape index (κ3) is 4.51. The lowest BCUT2D eigenvalue weighted by Gasteiger charge is -2.67. The van der Waals surface area contributed by atoms with E-state index >= 15 is 0 Å². The van der Waals surface area contributed by atoms with Crippen molar-refractivity contribution in [2.45, 2.75) is 50.1 Å². The van der Waals surface area contributed by atoms with Crippen LogP contribution in [0.5, 0.6) is 5.75 Å². The van der Waals surface area contributed by atoms with Gasteiger partial charge in [-0.15, -0.1) is 0 Å². The monoisotopic (exact) mass is 568 g/mol. The summed E-state index contributed by atoms with van der Waals surface area (Å²) in [5.74, 6) is -0.290. The molecular formula is C23H26F6N4O4S. The maximum atomic E-state index is 14.0. The summed E-state index contributed by atoms with van der Waals surface area (Å²) in [5, 5.41) is 0. The molecule has 1 atom stereocenters.